The lowest BCUT2D eigenvalue weighted by Crippen LogP contribution is -2.12. The number of nitrogens with zero attached hydrogens (tertiary/aromatic N) is 2. The number of rotatable bonds is 6. The van der Waals surface area contributed by atoms with Gasteiger partial charge >= 0.3 is 0 Å². The molecule has 0 saturated carbocycles. The number of aryl methyl sites for hydroxylation is 2. The molecule has 3 nitrogen and oxygen atoms in total. The molecule has 0 spiro atoms. The molecule has 0 atom stereocenters. The summed E-state index contributed by atoms with van der Waals surface area (Å²) < 4.78 is 1.91. The highest BCUT2D eigenvalue weighted by Crippen LogP contribution is 2.30. The van der Waals surface area contributed by atoms with Crippen LogP contribution in [0.4, 0.5) is 0 Å². The van der Waals surface area contributed by atoms with Crippen LogP contribution in [0.2, 0.25) is 0 Å². The van der Waals surface area contributed by atoms with Crippen LogP contribution in [-0.2, 0) is 20.0 Å². The second-order valence-electron chi connectivity index (χ2n) is 4.46. The molecule has 0 amide bonds. The van der Waals surface area contributed by atoms with Crippen molar-refractivity contribution in [2.75, 3.05) is 6.54 Å². The third kappa shape index (κ3) is 3.00. The van der Waals surface area contributed by atoms with Crippen LogP contribution >= 0.6 is 11.3 Å². The zero-order valence-corrected chi connectivity index (χ0v) is 12.2. The lowest BCUT2D eigenvalue weighted by Gasteiger charge is -1.99. The monoisotopic (exact) mass is 263 g/mol. The predicted molar refractivity (Wildman–Crippen MR) is 77.9 cm³/mol. The van der Waals surface area contributed by atoms with E-state index in [1.165, 1.54) is 27.4 Å². The molecule has 2 aromatic heterocycles. The average Bonchev–Trinajstić information content (AvgIpc) is 2.95. The summed E-state index contributed by atoms with van der Waals surface area (Å²) in [4.78, 5) is 2.72. The standard InChI is InChI=1S/C14H21N3S/c1-4-8-15-9-11-6-7-14(18-11)12-10-17(3)16-13(12)5-2/h6-7,10,15H,4-5,8-9H2,1-3H3. The lowest BCUT2D eigenvalue weighted by molar-refractivity contribution is 0.681. The molecule has 4 heteroatoms. The second kappa shape index (κ2) is 6.16. The van der Waals surface area contributed by atoms with E-state index in [-0.39, 0.29) is 0 Å². The van der Waals surface area contributed by atoms with Gasteiger partial charge < -0.3 is 5.32 Å². The van der Waals surface area contributed by atoms with Crippen LogP contribution in [0.3, 0.4) is 0 Å². The average molecular weight is 263 g/mol. The van der Waals surface area contributed by atoms with Crippen molar-refractivity contribution in [3.63, 3.8) is 0 Å². The van der Waals surface area contributed by atoms with Gasteiger partial charge in [-0.3, -0.25) is 4.68 Å². The largest absolute Gasteiger partial charge is 0.312 e. The number of thiophene rings is 1. The SMILES string of the molecule is CCCNCc1ccc(-c2cn(C)nc2CC)s1. The third-order valence-electron chi connectivity index (χ3n) is 2.89. The molecule has 0 saturated heterocycles. The first-order valence-corrected chi connectivity index (χ1v) is 7.38. The normalized spacial score (nSPS) is 11.1. The van der Waals surface area contributed by atoms with E-state index >= 15 is 0 Å². The molecule has 0 unspecified atom stereocenters. The summed E-state index contributed by atoms with van der Waals surface area (Å²) >= 11 is 1.86. The van der Waals surface area contributed by atoms with Gasteiger partial charge in [0.25, 0.3) is 0 Å². The summed E-state index contributed by atoms with van der Waals surface area (Å²) in [6.07, 6.45) is 4.28. The topological polar surface area (TPSA) is 29.9 Å². The summed E-state index contributed by atoms with van der Waals surface area (Å²) in [5.41, 5.74) is 2.47. The lowest BCUT2D eigenvalue weighted by atomic mass is 10.2. The Morgan fingerprint density at radius 2 is 2.17 bits per heavy atom. The molecular formula is C14H21N3S. The highest BCUT2D eigenvalue weighted by Gasteiger charge is 2.10. The highest BCUT2D eigenvalue weighted by atomic mass is 32.1. The van der Waals surface area contributed by atoms with Crippen molar-refractivity contribution in [3.05, 3.63) is 28.9 Å². The minimum absolute atomic E-state index is 0.972. The van der Waals surface area contributed by atoms with Gasteiger partial charge in [-0.25, -0.2) is 0 Å². The van der Waals surface area contributed by atoms with E-state index in [4.69, 9.17) is 0 Å². The van der Waals surface area contributed by atoms with E-state index in [9.17, 15) is 0 Å². The molecule has 98 valence electrons. The van der Waals surface area contributed by atoms with Gasteiger partial charge in [0.15, 0.2) is 0 Å². The van der Waals surface area contributed by atoms with Gasteiger partial charge in [-0.1, -0.05) is 13.8 Å². The molecule has 0 radical (unpaired) electrons. The van der Waals surface area contributed by atoms with Crippen LogP contribution in [0, 0.1) is 0 Å². The van der Waals surface area contributed by atoms with Crippen LogP contribution < -0.4 is 5.32 Å². The van der Waals surface area contributed by atoms with E-state index in [0.717, 1.165) is 19.5 Å². The Morgan fingerprint density at radius 3 is 2.89 bits per heavy atom. The van der Waals surface area contributed by atoms with Gasteiger partial charge in [0, 0.05) is 35.1 Å². The fourth-order valence-electron chi connectivity index (χ4n) is 2.01. The van der Waals surface area contributed by atoms with Gasteiger partial charge in [-0.05, 0) is 31.5 Å². The van der Waals surface area contributed by atoms with Crippen molar-refractivity contribution in [2.45, 2.75) is 33.2 Å². The molecule has 1 N–H and O–H groups in total. The number of nitrogens with one attached hydrogen (secondary N) is 1. The number of hydrogen-bond donors (Lipinski definition) is 1. The Labute approximate surface area is 113 Å². The van der Waals surface area contributed by atoms with Gasteiger partial charge in [0.1, 0.15) is 0 Å². The number of aromatic nitrogens is 2. The first-order valence-electron chi connectivity index (χ1n) is 6.57. The molecule has 18 heavy (non-hydrogen) atoms. The van der Waals surface area contributed by atoms with E-state index in [1.807, 2.05) is 23.1 Å². The maximum absolute atomic E-state index is 4.50. The molecule has 0 aliphatic rings. The van der Waals surface area contributed by atoms with Crippen LogP contribution in [-0.4, -0.2) is 16.3 Å². The van der Waals surface area contributed by atoms with E-state index < -0.39 is 0 Å². The first-order chi connectivity index (χ1) is 8.74. The van der Waals surface area contributed by atoms with Gasteiger partial charge in [0.2, 0.25) is 0 Å². The van der Waals surface area contributed by atoms with Crippen molar-refractivity contribution in [1.82, 2.24) is 15.1 Å². The molecule has 0 aliphatic heterocycles. The molecule has 2 heterocycles. The third-order valence-corrected chi connectivity index (χ3v) is 4.01. The van der Waals surface area contributed by atoms with Crippen molar-refractivity contribution in [1.29, 1.82) is 0 Å². The quantitative estimate of drug-likeness (QED) is 0.811. The molecule has 2 rings (SSSR count). The molecular weight excluding hydrogens is 242 g/mol. The Bertz CT molecular complexity index is 499. The Morgan fingerprint density at radius 1 is 1.33 bits per heavy atom. The fourth-order valence-corrected chi connectivity index (χ4v) is 3.02. The van der Waals surface area contributed by atoms with Crippen molar-refractivity contribution in [2.24, 2.45) is 7.05 Å². The van der Waals surface area contributed by atoms with Gasteiger partial charge in [0.05, 0.1) is 5.69 Å². The summed E-state index contributed by atoms with van der Waals surface area (Å²) in [7, 11) is 1.99. The Kier molecular flexibility index (Phi) is 4.55. The molecule has 0 aromatic carbocycles. The van der Waals surface area contributed by atoms with Crippen LogP contribution in [0.5, 0.6) is 0 Å². The first kappa shape index (κ1) is 13.3. The second-order valence-corrected chi connectivity index (χ2v) is 5.63. The summed E-state index contributed by atoms with van der Waals surface area (Å²) in [5.74, 6) is 0. The van der Waals surface area contributed by atoms with Crippen LogP contribution in [0.1, 0.15) is 30.8 Å². The summed E-state index contributed by atoms with van der Waals surface area (Å²) in [6, 6.07) is 4.43. The molecule has 0 aliphatic carbocycles. The zero-order chi connectivity index (χ0) is 13.0. The predicted octanol–water partition coefficient (Wildman–Crippen LogP) is 3.21. The molecule has 0 bridgehead atoms. The van der Waals surface area contributed by atoms with Gasteiger partial charge in [-0.2, -0.15) is 5.10 Å². The Balaban J connectivity index is 2.13. The Hall–Kier alpha value is -1.13. The van der Waals surface area contributed by atoms with Gasteiger partial charge in [-0.15, -0.1) is 11.3 Å². The van der Waals surface area contributed by atoms with Crippen molar-refractivity contribution >= 4 is 11.3 Å². The molecule has 0 fully saturated rings. The van der Waals surface area contributed by atoms with E-state index in [0.29, 0.717) is 0 Å². The van der Waals surface area contributed by atoms with Crippen molar-refractivity contribution < 1.29 is 0 Å². The highest BCUT2D eigenvalue weighted by molar-refractivity contribution is 7.15. The maximum atomic E-state index is 4.50. The smallest absolute Gasteiger partial charge is 0.0708 e. The minimum Gasteiger partial charge on any atom is -0.312 e. The minimum atomic E-state index is 0.972. The maximum Gasteiger partial charge on any atom is 0.0708 e. The number of hydrogen-bond acceptors (Lipinski definition) is 3. The van der Waals surface area contributed by atoms with Crippen LogP contribution in [0.25, 0.3) is 10.4 Å². The van der Waals surface area contributed by atoms with E-state index in [2.05, 4.69) is 42.6 Å². The van der Waals surface area contributed by atoms with Crippen molar-refractivity contribution in [3.8, 4) is 10.4 Å². The summed E-state index contributed by atoms with van der Waals surface area (Å²) in [6.45, 7) is 6.40. The van der Waals surface area contributed by atoms with E-state index in [1.54, 1.807) is 0 Å². The van der Waals surface area contributed by atoms with Crippen LogP contribution in [0.15, 0.2) is 18.3 Å². The molecule has 2 aromatic rings. The fraction of sp³-hybridized carbons (Fsp3) is 0.500. The summed E-state index contributed by atoms with van der Waals surface area (Å²) in [5, 5.41) is 7.94. The zero-order valence-electron chi connectivity index (χ0n) is 11.4.